The van der Waals surface area contributed by atoms with Crippen LogP contribution in [0.3, 0.4) is 0 Å². The van der Waals surface area contributed by atoms with Crippen molar-refractivity contribution >= 4 is 0 Å². The summed E-state index contributed by atoms with van der Waals surface area (Å²) in [5.41, 5.74) is 0. The maximum Gasteiger partial charge on any atom is 0.203 e. The van der Waals surface area contributed by atoms with Crippen LogP contribution in [0.25, 0.3) is 0 Å². The van der Waals surface area contributed by atoms with Gasteiger partial charge in [0.05, 0.1) is 0 Å². The molecule has 2 aromatic carbocycles. The number of benzene rings is 2. The summed E-state index contributed by atoms with van der Waals surface area (Å²) in [5, 5.41) is 0. The van der Waals surface area contributed by atoms with Gasteiger partial charge in [0.15, 0.2) is 0 Å². The summed E-state index contributed by atoms with van der Waals surface area (Å²) in [5.74, 6) is 1.65. The maximum atomic E-state index is 5.74. The normalized spacial score (nSPS) is 22.1. The first-order valence-corrected chi connectivity index (χ1v) is 6.49. The highest BCUT2D eigenvalue weighted by Gasteiger charge is 2.28. The van der Waals surface area contributed by atoms with Crippen LogP contribution < -0.4 is 9.47 Å². The van der Waals surface area contributed by atoms with Gasteiger partial charge in [-0.05, 0) is 24.3 Å². The van der Waals surface area contributed by atoms with Crippen molar-refractivity contribution in [3.05, 3.63) is 60.7 Å². The zero-order valence-corrected chi connectivity index (χ0v) is 10.6. The van der Waals surface area contributed by atoms with Crippen LogP contribution in [-0.4, -0.2) is 12.6 Å². The molecule has 1 heterocycles. The van der Waals surface area contributed by atoms with E-state index >= 15 is 0 Å². The molecule has 0 bridgehead atoms. The highest BCUT2D eigenvalue weighted by molar-refractivity contribution is 5.22. The second-order valence-corrected chi connectivity index (χ2v) is 4.43. The Bertz CT molecular complexity index is 450. The molecule has 0 saturated carbocycles. The summed E-state index contributed by atoms with van der Waals surface area (Å²) in [6.07, 6.45) is 1.23. The van der Waals surface area contributed by atoms with E-state index in [4.69, 9.17) is 14.2 Å². The fourth-order valence-electron chi connectivity index (χ4n) is 2.05. The molecule has 3 heteroatoms. The van der Waals surface area contributed by atoms with Crippen LogP contribution in [-0.2, 0) is 4.74 Å². The van der Waals surface area contributed by atoms with Crippen LogP contribution >= 0.6 is 0 Å². The SMILES string of the molecule is c1ccc(OC2CCC(Oc3ccccc3)O2)cc1. The lowest BCUT2D eigenvalue weighted by Gasteiger charge is -2.16. The predicted octanol–water partition coefficient (Wildman–Crippen LogP) is 3.61. The second-order valence-electron chi connectivity index (χ2n) is 4.43. The molecule has 0 aromatic heterocycles. The van der Waals surface area contributed by atoms with Crippen LogP contribution in [0.5, 0.6) is 11.5 Å². The molecule has 1 fully saturated rings. The van der Waals surface area contributed by atoms with Gasteiger partial charge in [0.25, 0.3) is 0 Å². The van der Waals surface area contributed by atoms with Gasteiger partial charge < -0.3 is 14.2 Å². The molecule has 3 rings (SSSR count). The average molecular weight is 256 g/mol. The topological polar surface area (TPSA) is 27.7 Å². The Morgan fingerprint density at radius 3 is 1.53 bits per heavy atom. The molecule has 3 nitrogen and oxygen atoms in total. The number of hydrogen-bond acceptors (Lipinski definition) is 3. The van der Waals surface area contributed by atoms with Gasteiger partial charge in [0.1, 0.15) is 11.5 Å². The molecule has 0 aliphatic carbocycles. The first kappa shape index (κ1) is 12.1. The quantitative estimate of drug-likeness (QED) is 0.836. The van der Waals surface area contributed by atoms with Crippen LogP contribution in [0.2, 0.25) is 0 Å². The summed E-state index contributed by atoms with van der Waals surface area (Å²) in [6, 6.07) is 19.4. The molecule has 2 atom stereocenters. The third-order valence-electron chi connectivity index (χ3n) is 2.96. The molecule has 1 saturated heterocycles. The van der Waals surface area contributed by atoms with Crippen molar-refractivity contribution < 1.29 is 14.2 Å². The van der Waals surface area contributed by atoms with E-state index in [0.29, 0.717) is 0 Å². The molecule has 0 N–H and O–H groups in total. The summed E-state index contributed by atoms with van der Waals surface area (Å²) in [6.45, 7) is 0. The Hall–Kier alpha value is -2.00. The summed E-state index contributed by atoms with van der Waals surface area (Å²) >= 11 is 0. The average Bonchev–Trinajstić information content (AvgIpc) is 2.88. The molecule has 19 heavy (non-hydrogen) atoms. The highest BCUT2D eigenvalue weighted by atomic mass is 16.8. The molecule has 1 aliphatic heterocycles. The van der Waals surface area contributed by atoms with Crippen molar-refractivity contribution in [3.63, 3.8) is 0 Å². The first-order chi connectivity index (χ1) is 9.40. The van der Waals surface area contributed by atoms with Crippen molar-refractivity contribution in [2.24, 2.45) is 0 Å². The van der Waals surface area contributed by atoms with Crippen molar-refractivity contribution in [1.29, 1.82) is 0 Å². The van der Waals surface area contributed by atoms with Crippen molar-refractivity contribution in [1.82, 2.24) is 0 Å². The van der Waals surface area contributed by atoms with E-state index in [1.165, 1.54) is 0 Å². The molecular weight excluding hydrogens is 240 g/mol. The van der Waals surface area contributed by atoms with E-state index in [9.17, 15) is 0 Å². The Morgan fingerprint density at radius 1 is 0.684 bits per heavy atom. The van der Waals surface area contributed by atoms with Gasteiger partial charge in [-0.2, -0.15) is 0 Å². The molecule has 2 aromatic rings. The smallest absolute Gasteiger partial charge is 0.203 e. The van der Waals surface area contributed by atoms with E-state index in [1.807, 2.05) is 60.7 Å². The fourth-order valence-corrected chi connectivity index (χ4v) is 2.05. The standard InChI is InChI=1S/C16H16O3/c1-3-7-13(8-4-1)17-15-11-12-16(19-15)18-14-9-5-2-6-10-14/h1-10,15-16H,11-12H2. The summed E-state index contributed by atoms with van der Waals surface area (Å²) in [7, 11) is 0. The van der Waals surface area contributed by atoms with Crippen molar-refractivity contribution in [3.8, 4) is 11.5 Å². The van der Waals surface area contributed by atoms with Crippen molar-refractivity contribution in [2.45, 2.75) is 25.4 Å². The Morgan fingerprint density at radius 2 is 1.11 bits per heavy atom. The lowest BCUT2D eigenvalue weighted by Crippen LogP contribution is -2.20. The van der Waals surface area contributed by atoms with Crippen LogP contribution in [0.4, 0.5) is 0 Å². The van der Waals surface area contributed by atoms with E-state index in [-0.39, 0.29) is 12.6 Å². The van der Waals surface area contributed by atoms with Crippen LogP contribution in [0.1, 0.15) is 12.8 Å². The van der Waals surface area contributed by atoms with Gasteiger partial charge in [0, 0.05) is 12.8 Å². The molecule has 0 spiro atoms. The molecule has 98 valence electrons. The monoisotopic (exact) mass is 256 g/mol. The van der Waals surface area contributed by atoms with Crippen LogP contribution in [0.15, 0.2) is 60.7 Å². The second kappa shape index (κ2) is 5.76. The molecule has 0 radical (unpaired) electrons. The Labute approximate surface area is 112 Å². The highest BCUT2D eigenvalue weighted by Crippen LogP contribution is 2.25. The third kappa shape index (κ3) is 3.26. The number of hydrogen-bond donors (Lipinski definition) is 0. The van der Waals surface area contributed by atoms with E-state index < -0.39 is 0 Å². The number of rotatable bonds is 4. The zero-order valence-electron chi connectivity index (χ0n) is 10.6. The first-order valence-electron chi connectivity index (χ1n) is 6.49. The van der Waals surface area contributed by atoms with Crippen molar-refractivity contribution in [2.75, 3.05) is 0 Å². The van der Waals surface area contributed by atoms with Gasteiger partial charge in [-0.15, -0.1) is 0 Å². The number of ether oxygens (including phenoxy) is 3. The van der Waals surface area contributed by atoms with Gasteiger partial charge in [-0.3, -0.25) is 0 Å². The van der Waals surface area contributed by atoms with Crippen LogP contribution in [0, 0.1) is 0 Å². The van der Waals surface area contributed by atoms with Gasteiger partial charge in [0.2, 0.25) is 12.6 Å². The summed E-state index contributed by atoms with van der Waals surface area (Å²) in [4.78, 5) is 0. The van der Waals surface area contributed by atoms with E-state index in [1.54, 1.807) is 0 Å². The predicted molar refractivity (Wildman–Crippen MR) is 72.0 cm³/mol. The summed E-state index contributed by atoms with van der Waals surface area (Å²) < 4.78 is 17.2. The third-order valence-corrected chi connectivity index (χ3v) is 2.96. The minimum absolute atomic E-state index is 0.226. The molecule has 1 aliphatic rings. The largest absolute Gasteiger partial charge is 0.465 e. The minimum atomic E-state index is -0.226. The molecule has 0 amide bonds. The fraction of sp³-hybridized carbons (Fsp3) is 0.250. The van der Waals surface area contributed by atoms with E-state index in [2.05, 4.69) is 0 Å². The number of para-hydroxylation sites is 2. The zero-order chi connectivity index (χ0) is 12.9. The van der Waals surface area contributed by atoms with Gasteiger partial charge in [-0.25, -0.2) is 0 Å². The maximum absolute atomic E-state index is 5.74. The van der Waals surface area contributed by atoms with Gasteiger partial charge in [-0.1, -0.05) is 36.4 Å². The Kier molecular flexibility index (Phi) is 3.65. The minimum Gasteiger partial charge on any atom is -0.465 e. The van der Waals surface area contributed by atoms with E-state index in [0.717, 1.165) is 24.3 Å². The lowest BCUT2D eigenvalue weighted by atomic mass is 10.3. The Balaban J connectivity index is 1.53. The van der Waals surface area contributed by atoms with Gasteiger partial charge >= 0.3 is 0 Å². The molecular formula is C16H16O3. The molecule has 2 unspecified atom stereocenters. The lowest BCUT2D eigenvalue weighted by molar-refractivity contribution is -0.137.